The maximum absolute atomic E-state index is 5.27. The Hall–Kier alpha value is -1.53. The highest BCUT2D eigenvalue weighted by Crippen LogP contribution is 2.13. The lowest BCUT2D eigenvalue weighted by Crippen LogP contribution is -2.19. The van der Waals surface area contributed by atoms with Gasteiger partial charge < -0.3 is 10.2 Å². The largest absolute Gasteiger partial charge is 0.349 e. The summed E-state index contributed by atoms with van der Waals surface area (Å²) in [6.07, 6.45) is 5.27. The number of hydrogen-bond donors (Lipinski definition) is 1. The van der Waals surface area contributed by atoms with Crippen LogP contribution in [0.25, 0.3) is 0 Å². The van der Waals surface area contributed by atoms with Crippen molar-refractivity contribution < 1.29 is 0 Å². The summed E-state index contributed by atoms with van der Waals surface area (Å²) in [5, 5.41) is 3.29. The van der Waals surface area contributed by atoms with Gasteiger partial charge in [-0.2, -0.15) is 0 Å². The molecule has 3 nitrogen and oxygen atoms in total. The molecule has 0 unspecified atom stereocenters. The summed E-state index contributed by atoms with van der Waals surface area (Å²) in [4.78, 5) is 6.50. The van der Waals surface area contributed by atoms with Crippen molar-refractivity contribution in [1.82, 2.24) is 10.3 Å². The molecular weight excluding hydrogens is 198 g/mol. The number of nitrogens with zero attached hydrogens (tertiary/aromatic N) is 2. The van der Waals surface area contributed by atoms with Crippen LogP contribution in [0.2, 0.25) is 0 Å². The van der Waals surface area contributed by atoms with Gasteiger partial charge >= 0.3 is 0 Å². The third kappa shape index (κ3) is 3.25. The first kappa shape index (κ1) is 12.5. The number of rotatable bonds is 5. The Bertz CT molecular complexity index is 379. The van der Waals surface area contributed by atoms with Crippen molar-refractivity contribution in [2.24, 2.45) is 0 Å². The minimum Gasteiger partial charge on any atom is -0.349 e. The summed E-state index contributed by atoms with van der Waals surface area (Å²) in [7, 11) is 1.95. The molecule has 16 heavy (non-hydrogen) atoms. The Labute approximate surface area is 97.9 Å². The molecule has 0 atom stereocenters. The Kier molecular flexibility index (Phi) is 4.81. The van der Waals surface area contributed by atoms with Crippen LogP contribution in [0.1, 0.15) is 18.2 Å². The lowest BCUT2D eigenvalue weighted by atomic mass is 10.2. The molecule has 0 aliphatic heterocycles. The summed E-state index contributed by atoms with van der Waals surface area (Å²) >= 11 is 0. The molecule has 0 bridgehead atoms. The Balaban J connectivity index is 2.78. The van der Waals surface area contributed by atoms with Gasteiger partial charge in [0.15, 0.2) is 0 Å². The van der Waals surface area contributed by atoms with E-state index in [0.717, 1.165) is 24.6 Å². The quantitative estimate of drug-likeness (QED) is 0.759. The lowest BCUT2D eigenvalue weighted by molar-refractivity contribution is 0.719. The molecule has 0 saturated carbocycles. The summed E-state index contributed by atoms with van der Waals surface area (Å²) in [5.41, 5.74) is 2.29. The zero-order valence-electron chi connectivity index (χ0n) is 10.2. The second-order valence-electron chi connectivity index (χ2n) is 3.75. The smallest absolute Gasteiger partial charge is 0.129 e. The Morgan fingerprint density at radius 2 is 2.25 bits per heavy atom. The first-order valence-electron chi connectivity index (χ1n) is 5.50. The van der Waals surface area contributed by atoms with Crippen LogP contribution in [0.15, 0.2) is 12.1 Å². The van der Waals surface area contributed by atoms with Gasteiger partial charge in [0.1, 0.15) is 5.82 Å². The average Bonchev–Trinajstić information content (AvgIpc) is 2.27. The van der Waals surface area contributed by atoms with Crippen LogP contribution in [0.5, 0.6) is 0 Å². The zero-order valence-corrected chi connectivity index (χ0v) is 10.2. The van der Waals surface area contributed by atoms with Gasteiger partial charge in [0.05, 0.1) is 6.54 Å². The third-order valence-electron chi connectivity index (χ3n) is 2.47. The van der Waals surface area contributed by atoms with E-state index in [1.807, 2.05) is 24.9 Å². The number of anilines is 1. The SMILES string of the molecule is C#CCN(C)c1ccc(CNCC)c(C)n1. The van der Waals surface area contributed by atoms with Gasteiger partial charge in [0, 0.05) is 19.3 Å². The van der Waals surface area contributed by atoms with Gasteiger partial charge in [-0.15, -0.1) is 6.42 Å². The second kappa shape index (κ2) is 6.14. The van der Waals surface area contributed by atoms with Crippen molar-refractivity contribution in [2.75, 3.05) is 25.0 Å². The van der Waals surface area contributed by atoms with E-state index < -0.39 is 0 Å². The summed E-state index contributed by atoms with van der Waals surface area (Å²) in [6.45, 7) is 6.55. The van der Waals surface area contributed by atoms with E-state index in [1.165, 1.54) is 5.56 Å². The number of nitrogens with one attached hydrogen (secondary N) is 1. The van der Waals surface area contributed by atoms with Crippen molar-refractivity contribution in [1.29, 1.82) is 0 Å². The topological polar surface area (TPSA) is 28.2 Å². The van der Waals surface area contributed by atoms with E-state index in [4.69, 9.17) is 6.42 Å². The molecule has 0 radical (unpaired) electrons. The van der Waals surface area contributed by atoms with Crippen LogP contribution in [0, 0.1) is 19.3 Å². The van der Waals surface area contributed by atoms with Gasteiger partial charge in [0.2, 0.25) is 0 Å². The predicted molar refractivity (Wildman–Crippen MR) is 68.5 cm³/mol. The molecule has 0 aromatic carbocycles. The maximum Gasteiger partial charge on any atom is 0.129 e. The number of aryl methyl sites for hydroxylation is 1. The summed E-state index contributed by atoms with van der Waals surface area (Å²) < 4.78 is 0. The van der Waals surface area contributed by atoms with Gasteiger partial charge in [-0.3, -0.25) is 0 Å². The fourth-order valence-electron chi connectivity index (χ4n) is 1.45. The summed E-state index contributed by atoms with van der Waals surface area (Å²) in [6, 6.07) is 4.12. The van der Waals surface area contributed by atoms with Crippen molar-refractivity contribution in [3.8, 4) is 12.3 Å². The van der Waals surface area contributed by atoms with Crippen molar-refractivity contribution in [2.45, 2.75) is 20.4 Å². The number of terminal acetylenes is 1. The van der Waals surface area contributed by atoms with E-state index in [2.05, 4.69) is 29.2 Å². The van der Waals surface area contributed by atoms with Crippen molar-refractivity contribution in [3.63, 3.8) is 0 Å². The van der Waals surface area contributed by atoms with Crippen LogP contribution in [0.4, 0.5) is 5.82 Å². The van der Waals surface area contributed by atoms with Crippen LogP contribution in [-0.2, 0) is 6.54 Å². The molecule has 0 aliphatic carbocycles. The fraction of sp³-hybridized carbons (Fsp3) is 0.462. The van der Waals surface area contributed by atoms with Crippen LogP contribution < -0.4 is 10.2 Å². The van der Waals surface area contributed by atoms with Crippen molar-refractivity contribution in [3.05, 3.63) is 23.4 Å². The van der Waals surface area contributed by atoms with Crippen molar-refractivity contribution >= 4 is 5.82 Å². The third-order valence-corrected chi connectivity index (χ3v) is 2.47. The van der Waals surface area contributed by atoms with Crippen LogP contribution >= 0.6 is 0 Å². The highest BCUT2D eigenvalue weighted by Gasteiger charge is 2.04. The summed E-state index contributed by atoms with van der Waals surface area (Å²) in [5.74, 6) is 3.53. The number of pyridine rings is 1. The van der Waals surface area contributed by atoms with E-state index in [9.17, 15) is 0 Å². The molecule has 86 valence electrons. The Morgan fingerprint density at radius 1 is 1.50 bits per heavy atom. The average molecular weight is 217 g/mol. The van der Waals surface area contributed by atoms with E-state index in [0.29, 0.717) is 6.54 Å². The lowest BCUT2D eigenvalue weighted by Gasteiger charge is -2.16. The molecule has 0 saturated heterocycles. The number of hydrogen-bond acceptors (Lipinski definition) is 3. The normalized spacial score (nSPS) is 9.88. The number of aromatic nitrogens is 1. The van der Waals surface area contributed by atoms with Gasteiger partial charge in [-0.05, 0) is 25.1 Å². The predicted octanol–water partition coefficient (Wildman–Crippen LogP) is 1.57. The molecule has 1 rings (SSSR count). The van der Waals surface area contributed by atoms with E-state index in [-0.39, 0.29) is 0 Å². The molecule has 0 spiro atoms. The highest BCUT2D eigenvalue weighted by molar-refractivity contribution is 5.41. The monoisotopic (exact) mass is 217 g/mol. The molecule has 0 amide bonds. The maximum atomic E-state index is 5.27. The molecular formula is C13H19N3. The zero-order chi connectivity index (χ0) is 12.0. The second-order valence-corrected chi connectivity index (χ2v) is 3.75. The van der Waals surface area contributed by atoms with Gasteiger partial charge in [-0.1, -0.05) is 18.9 Å². The minimum absolute atomic E-state index is 0.582. The van der Waals surface area contributed by atoms with Crippen LogP contribution in [0.3, 0.4) is 0 Å². The van der Waals surface area contributed by atoms with E-state index in [1.54, 1.807) is 0 Å². The van der Waals surface area contributed by atoms with Crippen LogP contribution in [-0.4, -0.2) is 25.1 Å². The Morgan fingerprint density at radius 3 is 2.81 bits per heavy atom. The van der Waals surface area contributed by atoms with Gasteiger partial charge in [0.25, 0.3) is 0 Å². The van der Waals surface area contributed by atoms with E-state index >= 15 is 0 Å². The minimum atomic E-state index is 0.582. The fourth-order valence-corrected chi connectivity index (χ4v) is 1.45. The molecule has 3 heteroatoms. The highest BCUT2D eigenvalue weighted by atomic mass is 15.2. The molecule has 1 N–H and O–H groups in total. The molecule has 1 aromatic rings. The standard InChI is InChI=1S/C13H19N3/c1-5-9-16(4)13-8-7-12(10-14-6-2)11(3)15-13/h1,7-8,14H,6,9-10H2,2-4H3. The molecule has 0 fully saturated rings. The first-order chi connectivity index (χ1) is 7.69. The molecule has 0 aliphatic rings. The first-order valence-corrected chi connectivity index (χ1v) is 5.50. The van der Waals surface area contributed by atoms with Gasteiger partial charge in [-0.25, -0.2) is 4.98 Å². The molecule has 1 heterocycles. The molecule has 1 aromatic heterocycles.